The van der Waals surface area contributed by atoms with Gasteiger partial charge in [-0.2, -0.15) is 10.2 Å². The highest BCUT2D eigenvalue weighted by atomic mass is 16.5. The van der Waals surface area contributed by atoms with Gasteiger partial charge in [0, 0.05) is 17.0 Å². The average molecular weight is 389 g/mol. The van der Waals surface area contributed by atoms with Crippen LogP contribution in [0.3, 0.4) is 0 Å². The molecule has 0 aliphatic rings. The van der Waals surface area contributed by atoms with Gasteiger partial charge >= 0.3 is 0 Å². The summed E-state index contributed by atoms with van der Waals surface area (Å²) in [7, 11) is 3.16. The molecule has 4 aromatic rings. The van der Waals surface area contributed by atoms with Crippen molar-refractivity contribution in [2.45, 2.75) is 13.5 Å². The molecule has 0 saturated carbocycles. The van der Waals surface area contributed by atoms with Gasteiger partial charge in [-0.05, 0) is 37.3 Å². The Morgan fingerprint density at radius 2 is 1.79 bits per heavy atom. The van der Waals surface area contributed by atoms with E-state index in [4.69, 9.17) is 9.47 Å². The summed E-state index contributed by atoms with van der Waals surface area (Å²) >= 11 is 0. The molecule has 0 amide bonds. The molecule has 0 atom stereocenters. The number of ether oxygens (including phenoxy) is 2. The van der Waals surface area contributed by atoms with Crippen LogP contribution in [-0.4, -0.2) is 44.6 Å². The SMILES string of the molecule is COc1ccc(-c2cc(OC)c3ncnc(NCc4ccc(C)nn4)c3c2)nn1. The van der Waals surface area contributed by atoms with Gasteiger partial charge in [0.25, 0.3) is 0 Å². The van der Waals surface area contributed by atoms with Crippen LogP contribution in [-0.2, 0) is 6.54 Å². The van der Waals surface area contributed by atoms with E-state index in [1.807, 2.05) is 37.3 Å². The molecule has 1 N–H and O–H groups in total. The summed E-state index contributed by atoms with van der Waals surface area (Å²) in [4.78, 5) is 8.78. The Kier molecular flexibility index (Phi) is 5.10. The lowest BCUT2D eigenvalue weighted by Gasteiger charge is -2.12. The fourth-order valence-electron chi connectivity index (χ4n) is 2.86. The van der Waals surface area contributed by atoms with Gasteiger partial charge in [-0.25, -0.2) is 9.97 Å². The zero-order valence-electron chi connectivity index (χ0n) is 16.2. The summed E-state index contributed by atoms with van der Waals surface area (Å²) in [6.07, 6.45) is 1.50. The van der Waals surface area contributed by atoms with Crippen LogP contribution in [0.15, 0.2) is 42.7 Å². The standard InChI is InChI=1S/C20H19N7O2/c1-12-4-5-14(25-24-12)10-21-20-15-8-13(16-6-7-18(29-3)27-26-16)9-17(28-2)19(15)22-11-23-20/h4-9,11H,10H2,1-3H3,(H,21,22,23). The molecule has 0 bridgehead atoms. The zero-order valence-corrected chi connectivity index (χ0v) is 16.2. The fourth-order valence-corrected chi connectivity index (χ4v) is 2.86. The number of aromatic nitrogens is 6. The van der Waals surface area contributed by atoms with Crippen LogP contribution in [0.1, 0.15) is 11.4 Å². The summed E-state index contributed by atoms with van der Waals surface area (Å²) < 4.78 is 10.6. The second kappa shape index (κ2) is 8.01. The second-order valence-electron chi connectivity index (χ2n) is 6.28. The van der Waals surface area contributed by atoms with Crippen molar-refractivity contribution in [1.29, 1.82) is 0 Å². The first-order valence-corrected chi connectivity index (χ1v) is 8.92. The van der Waals surface area contributed by atoms with Gasteiger partial charge in [-0.15, -0.1) is 10.2 Å². The Bertz CT molecular complexity index is 1130. The van der Waals surface area contributed by atoms with Crippen molar-refractivity contribution in [2.75, 3.05) is 19.5 Å². The molecule has 4 rings (SSSR count). The zero-order chi connectivity index (χ0) is 20.2. The topological polar surface area (TPSA) is 108 Å². The summed E-state index contributed by atoms with van der Waals surface area (Å²) in [5, 5.41) is 20.6. The van der Waals surface area contributed by atoms with Gasteiger partial charge < -0.3 is 14.8 Å². The van der Waals surface area contributed by atoms with E-state index in [9.17, 15) is 0 Å². The Morgan fingerprint density at radius 1 is 0.897 bits per heavy atom. The quantitative estimate of drug-likeness (QED) is 0.532. The van der Waals surface area contributed by atoms with Crippen molar-refractivity contribution >= 4 is 16.7 Å². The van der Waals surface area contributed by atoms with E-state index in [0.29, 0.717) is 35.2 Å². The highest BCUT2D eigenvalue weighted by molar-refractivity contribution is 5.96. The Hall–Kier alpha value is -3.88. The van der Waals surface area contributed by atoms with Crippen molar-refractivity contribution in [3.8, 4) is 22.9 Å². The van der Waals surface area contributed by atoms with Crippen molar-refractivity contribution in [3.05, 3.63) is 54.1 Å². The number of aryl methyl sites for hydroxylation is 1. The van der Waals surface area contributed by atoms with Crippen LogP contribution in [0, 0.1) is 6.92 Å². The number of rotatable bonds is 6. The second-order valence-corrected chi connectivity index (χ2v) is 6.28. The van der Waals surface area contributed by atoms with Crippen molar-refractivity contribution in [2.24, 2.45) is 0 Å². The molecular formula is C20H19N7O2. The van der Waals surface area contributed by atoms with Crippen molar-refractivity contribution in [3.63, 3.8) is 0 Å². The number of fused-ring (bicyclic) bond motifs is 1. The van der Waals surface area contributed by atoms with Gasteiger partial charge in [-0.3, -0.25) is 0 Å². The normalized spacial score (nSPS) is 10.7. The molecule has 9 heteroatoms. The van der Waals surface area contributed by atoms with E-state index < -0.39 is 0 Å². The van der Waals surface area contributed by atoms with Crippen molar-refractivity contribution < 1.29 is 9.47 Å². The van der Waals surface area contributed by atoms with E-state index in [1.54, 1.807) is 20.3 Å². The number of nitrogens with zero attached hydrogens (tertiary/aromatic N) is 6. The predicted octanol–water partition coefficient (Wildman–Crippen LogP) is 2.81. The number of anilines is 1. The molecule has 3 aromatic heterocycles. The van der Waals surface area contributed by atoms with E-state index in [1.165, 1.54) is 6.33 Å². The van der Waals surface area contributed by atoms with E-state index in [0.717, 1.165) is 22.3 Å². The summed E-state index contributed by atoms with van der Waals surface area (Å²) in [5.74, 6) is 1.74. The first-order chi connectivity index (χ1) is 14.2. The maximum absolute atomic E-state index is 5.55. The third kappa shape index (κ3) is 3.88. The average Bonchev–Trinajstić information content (AvgIpc) is 2.78. The van der Waals surface area contributed by atoms with Crippen LogP contribution < -0.4 is 14.8 Å². The lowest BCUT2D eigenvalue weighted by Crippen LogP contribution is -2.06. The van der Waals surface area contributed by atoms with Crippen LogP contribution in [0.2, 0.25) is 0 Å². The monoisotopic (exact) mass is 389 g/mol. The molecule has 0 radical (unpaired) electrons. The predicted molar refractivity (Wildman–Crippen MR) is 108 cm³/mol. The maximum Gasteiger partial charge on any atom is 0.233 e. The van der Waals surface area contributed by atoms with E-state index in [-0.39, 0.29) is 0 Å². The van der Waals surface area contributed by atoms with Gasteiger partial charge in [0.15, 0.2) is 0 Å². The maximum atomic E-state index is 5.55. The minimum atomic E-state index is 0.450. The molecular weight excluding hydrogens is 370 g/mol. The van der Waals surface area contributed by atoms with Gasteiger partial charge in [-0.1, -0.05) is 0 Å². The highest BCUT2D eigenvalue weighted by Crippen LogP contribution is 2.33. The van der Waals surface area contributed by atoms with E-state index >= 15 is 0 Å². The molecule has 0 unspecified atom stereocenters. The Balaban J connectivity index is 1.73. The molecule has 0 aliphatic carbocycles. The minimum Gasteiger partial charge on any atom is -0.494 e. The number of methoxy groups -OCH3 is 2. The number of benzene rings is 1. The smallest absolute Gasteiger partial charge is 0.233 e. The molecule has 0 spiro atoms. The summed E-state index contributed by atoms with van der Waals surface area (Å²) in [6.45, 7) is 2.38. The van der Waals surface area contributed by atoms with Gasteiger partial charge in [0.1, 0.15) is 23.4 Å². The molecule has 1 aromatic carbocycles. The van der Waals surface area contributed by atoms with Gasteiger partial charge in [0.2, 0.25) is 5.88 Å². The van der Waals surface area contributed by atoms with Crippen LogP contribution in [0.4, 0.5) is 5.82 Å². The minimum absolute atomic E-state index is 0.450. The number of nitrogens with one attached hydrogen (secondary N) is 1. The molecule has 3 heterocycles. The Morgan fingerprint density at radius 3 is 2.48 bits per heavy atom. The lowest BCUT2D eigenvalue weighted by molar-refractivity contribution is 0.392. The van der Waals surface area contributed by atoms with Crippen LogP contribution >= 0.6 is 0 Å². The summed E-state index contributed by atoms with van der Waals surface area (Å²) in [5.41, 5.74) is 3.90. The van der Waals surface area contributed by atoms with Crippen LogP contribution in [0.25, 0.3) is 22.2 Å². The lowest BCUT2D eigenvalue weighted by atomic mass is 10.1. The molecule has 0 fully saturated rings. The molecule has 146 valence electrons. The first kappa shape index (κ1) is 18.5. The van der Waals surface area contributed by atoms with Gasteiger partial charge in [0.05, 0.1) is 37.8 Å². The molecule has 29 heavy (non-hydrogen) atoms. The van der Waals surface area contributed by atoms with E-state index in [2.05, 4.69) is 35.7 Å². The third-order valence-corrected chi connectivity index (χ3v) is 4.36. The number of hydrogen-bond acceptors (Lipinski definition) is 9. The van der Waals surface area contributed by atoms with Crippen molar-refractivity contribution in [1.82, 2.24) is 30.4 Å². The highest BCUT2D eigenvalue weighted by Gasteiger charge is 2.13. The first-order valence-electron chi connectivity index (χ1n) is 8.92. The summed E-state index contributed by atoms with van der Waals surface area (Å²) in [6, 6.07) is 11.3. The molecule has 0 aliphatic heterocycles. The number of hydrogen-bond donors (Lipinski definition) is 1. The molecule has 9 nitrogen and oxygen atoms in total. The van der Waals surface area contributed by atoms with Crippen LogP contribution in [0.5, 0.6) is 11.6 Å². The molecule has 0 saturated heterocycles. The largest absolute Gasteiger partial charge is 0.494 e. The third-order valence-electron chi connectivity index (χ3n) is 4.36. The fraction of sp³-hybridized carbons (Fsp3) is 0.200. The Labute approximate surface area is 167 Å².